The Bertz CT molecular complexity index is 656. The number of nitrogens with zero attached hydrogens (tertiary/aromatic N) is 3. The summed E-state index contributed by atoms with van der Waals surface area (Å²) in [6.45, 7) is 2.08. The highest BCUT2D eigenvalue weighted by molar-refractivity contribution is 5.89. The van der Waals surface area contributed by atoms with E-state index in [2.05, 4.69) is 22.5 Å². The second-order valence-electron chi connectivity index (χ2n) is 6.09. The van der Waals surface area contributed by atoms with Crippen molar-refractivity contribution in [1.29, 1.82) is 0 Å². The van der Waals surface area contributed by atoms with Gasteiger partial charge in [-0.25, -0.2) is 4.79 Å². The minimum absolute atomic E-state index is 0.0419. The molecule has 0 unspecified atom stereocenters. The first-order valence-electron chi connectivity index (χ1n) is 8.39. The number of hydrogen-bond acceptors (Lipinski definition) is 3. The van der Waals surface area contributed by atoms with E-state index in [1.54, 1.807) is 18.0 Å². The van der Waals surface area contributed by atoms with Crippen molar-refractivity contribution in [3.8, 4) is 0 Å². The number of anilines is 1. The third-order valence-electron chi connectivity index (χ3n) is 4.36. The summed E-state index contributed by atoms with van der Waals surface area (Å²) in [6.07, 6.45) is 6.52. The molecule has 1 atom stereocenters. The number of aromatic nitrogens is 2. The Kier molecular flexibility index (Phi) is 5.48. The lowest BCUT2D eigenvalue weighted by Crippen LogP contribution is -2.39. The number of ether oxygens (including phenoxy) is 1. The van der Waals surface area contributed by atoms with Crippen molar-refractivity contribution in [1.82, 2.24) is 14.7 Å². The summed E-state index contributed by atoms with van der Waals surface area (Å²) in [7, 11) is 1.66. The summed E-state index contributed by atoms with van der Waals surface area (Å²) >= 11 is 0. The van der Waals surface area contributed by atoms with Crippen molar-refractivity contribution >= 4 is 11.7 Å². The molecule has 24 heavy (non-hydrogen) atoms. The Hall–Kier alpha value is -2.34. The summed E-state index contributed by atoms with van der Waals surface area (Å²) in [5.74, 6) is 0. The Morgan fingerprint density at radius 2 is 2.21 bits per heavy atom. The number of nitrogens with one attached hydrogen (secondary N) is 1. The van der Waals surface area contributed by atoms with E-state index in [9.17, 15) is 4.79 Å². The van der Waals surface area contributed by atoms with Gasteiger partial charge in [0, 0.05) is 25.9 Å². The third-order valence-corrected chi connectivity index (χ3v) is 4.36. The van der Waals surface area contributed by atoms with E-state index >= 15 is 0 Å². The first-order valence-corrected chi connectivity index (χ1v) is 8.39. The maximum Gasteiger partial charge on any atom is 0.322 e. The zero-order valence-electron chi connectivity index (χ0n) is 14.0. The molecule has 6 nitrogen and oxygen atoms in total. The molecule has 0 spiro atoms. The standard InChI is InChI=1S/C18H24N4O2/c1-24-11-10-21-14-16(13-19-21)20-18(23)22-9-5-8-17(22)12-15-6-3-2-4-7-15/h2-4,6-7,13-14,17H,5,8-12H2,1H3,(H,20,23)/t17-/m0/s1. The van der Waals surface area contributed by atoms with Crippen LogP contribution in [0.25, 0.3) is 0 Å². The van der Waals surface area contributed by atoms with E-state index in [0.717, 1.165) is 31.5 Å². The van der Waals surface area contributed by atoms with Gasteiger partial charge in [-0.15, -0.1) is 0 Å². The van der Waals surface area contributed by atoms with Gasteiger partial charge in [-0.05, 0) is 24.8 Å². The highest BCUT2D eigenvalue weighted by atomic mass is 16.5. The van der Waals surface area contributed by atoms with E-state index in [1.165, 1.54) is 5.56 Å². The molecule has 1 N–H and O–H groups in total. The molecule has 2 amide bonds. The maximum absolute atomic E-state index is 12.6. The molecule has 2 heterocycles. The average molecular weight is 328 g/mol. The van der Waals surface area contributed by atoms with Crippen LogP contribution in [0.3, 0.4) is 0 Å². The van der Waals surface area contributed by atoms with Gasteiger partial charge in [0.15, 0.2) is 0 Å². The van der Waals surface area contributed by atoms with Crippen molar-refractivity contribution in [2.45, 2.75) is 31.8 Å². The topological polar surface area (TPSA) is 59.4 Å². The molecule has 1 saturated heterocycles. The van der Waals surface area contributed by atoms with Crippen LogP contribution in [0.1, 0.15) is 18.4 Å². The highest BCUT2D eigenvalue weighted by Gasteiger charge is 2.28. The monoisotopic (exact) mass is 328 g/mol. The Labute approximate surface area is 142 Å². The Balaban J connectivity index is 1.58. The molecule has 0 bridgehead atoms. The largest absolute Gasteiger partial charge is 0.383 e. The zero-order valence-corrected chi connectivity index (χ0v) is 14.0. The smallest absolute Gasteiger partial charge is 0.322 e. The first kappa shape index (κ1) is 16.5. The fourth-order valence-corrected chi connectivity index (χ4v) is 3.13. The van der Waals surface area contributed by atoms with Crippen LogP contribution in [0.15, 0.2) is 42.7 Å². The van der Waals surface area contributed by atoms with E-state index in [0.29, 0.717) is 13.2 Å². The number of carbonyl (C=O) groups is 1. The number of likely N-dealkylation sites (tertiary alicyclic amines) is 1. The number of hydrogen-bond donors (Lipinski definition) is 1. The lowest BCUT2D eigenvalue weighted by molar-refractivity contribution is 0.183. The number of benzene rings is 1. The van der Waals surface area contributed by atoms with Gasteiger partial charge in [0.05, 0.1) is 25.0 Å². The number of methoxy groups -OCH3 is 1. The van der Waals surface area contributed by atoms with Gasteiger partial charge >= 0.3 is 6.03 Å². The molecule has 3 rings (SSSR count). The summed E-state index contributed by atoms with van der Waals surface area (Å²) in [6, 6.07) is 10.6. The molecule has 1 aromatic carbocycles. The summed E-state index contributed by atoms with van der Waals surface area (Å²) in [5.41, 5.74) is 2.00. The molecule has 1 aliphatic heterocycles. The average Bonchev–Trinajstić information content (AvgIpc) is 3.23. The molecule has 2 aromatic rings. The van der Waals surface area contributed by atoms with Gasteiger partial charge in [0.1, 0.15) is 0 Å². The van der Waals surface area contributed by atoms with Gasteiger partial charge in [-0.1, -0.05) is 30.3 Å². The molecule has 1 aliphatic rings. The number of rotatable bonds is 6. The number of carbonyl (C=O) groups excluding carboxylic acids is 1. The van der Waals surface area contributed by atoms with Crippen molar-refractivity contribution in [2.75, 3.05) is 25.6 Å². The fourth-order valence-electron chi connectivity index (χ4n) is 3.13. The molecular weight excluding hydrogens is 304 g/mol. The fraction of sp³-hybridized carbons (Fsp3) is 0.444. The van der Waals surface area contributed by atoms with Crippen LogP contribution in [-0.2, 0) is 17.7 Å². The van der Waals surface area contributed by atoms with Crippen LogP contribution in [0.4, 0.5) is 10.5 Å². The predicted octanol–water partition coefficient (Wildman–Crippen LogP) is 2.77. The molecular formula is C18H24N4O2. The Morgan fingerprint density at radius 3 is 3.00 bits per heavy atom. The highest BCUT2D eigenvalue weighted by Crippen LogP contribution is 2.22. The summed E-state index contributed by atoms with van der Waals surface area (Å²) < 4.78 is 6.80. The van der Waals surface area contributed by atoms with Crippen molar-refractivity contribution in [3.63, 3.8) is 0 Å². The second kappa shape index (κ2) is 7.97. The van der Waals surface area contributed by atoms with Crippen LogP contribution in [0.2, 0.25) is 0 Å². The summed E-state index contributed by atoms with van der Waals surface area (Å²) in [5, 5.41) is 7.18. The predicted molar refractivity (Wildman–Crippen MR) is 93.0 cm³/mol. The molecule has 6 heteroatoms. The van der Waals surface area contributed by atoms with E-state index in [-0.39, 0.29) is 12.1 Å². The van der Waals surface area contributed by atoms with Crippen LogP contribution >= 0.6 is 0 Å². The van der Waals surface area contributed by atoms with Crippen molar-refractivity contribution in [3.05, 3.63) is 48.3 Å². The van der Waals surface area contributed by atoms with Gasteiger partial charge in [0.2, 0.25) is 0 Å². The molecule has 1 fully saturated rings. The van der Waals surface area contributed by atoms with Crippen LogP contribution in [0, 0.1) is 0 Å². The van der Waals surface area contributed by atoms with E-state index < -0.39 is 0 Å². The number of amides is 2. The van der Waals surface area contributed by atoms with Crippen LogP contribution in [0.5, 0.6) is 0 Å². The van der Waals surface area contributed by atoms with E-state index in [1.807, 2.05) is 29.3 Å². The first-order chi connectivity index (χ1) is 11.8. The molecule has 0 aliphatic carbocycles. The van der Waals surface area contributed by atoms with Crippen LogP contribution < -0.4 is 5.32 Å². The maximum atomic E-state index is 12.6. The minimum Gasteiger partial charge on any atom is -0.383 e. The number of urea groups is 1. The van der Waals surface area contributed by atoms with Gasteiger partial charge in [-0.3, -0.25) is 4.68 Å². The Morgan fingerprint density at radius 1 is 1.38 bits per heavy atom. The third kappa shape index (κ3) is 4.14. The van der Waals surface area contributed by atoms with Gasteiger partial charge < -0.3 is 15.0 Å². The lowest BCUT2D eigenvalue weighted by Gasteiger charge is -2.24. The lowest BCUT2D eigenvalue weighted by atomic mass is 10.0. The second-order valence-corrected chi connectivity index (χ2v) is 6.09. The quantitative estimate of drug-likeness (QED) is 0.887. The normalized spacial score (nSPS) is 17.2. The van der Waals surface area contributed by atoms with Crippen LogP contribution in [-0.4, -0.2) is 47.0 Å². The zero-order chi connectivity index (χ0) is 16.8. The summed E-state index contributed by atoms with van der Waals surface area (Å²) in [4.78, 5) is 14.5. The van der Waals surface area contributed by atoms with Crippen molar-refractivity contribution in [2.24, 2.45) is 0 Å². The molecule has 1 aromatic heterocycles. The SMILES string of the molecule is COCCn1cc(NC(=O)N2CCC[C@H]2Cc2ccccc2)cn1. The van der Waals surface area contributed by atoms with Gasteiger partial charge in [0.25, 0.3) is 0 Å². The van der Waals surface area contributed by atoms with Crippen molar-refractivity contribution < 1.29 is 9.53 Å². The molecule has 128 valence electrons. The molecule has 0 saturated carbocycles. The molecule has 0 radical (unpaired) electrons. The minimum atomic E-state index is -0.0419. The van der Waals surface area contributed by atoms with E-state index in [4.69, 9.17) is 4.74 Å². The van der Waals surface area contributed by atoms with Gasteiger partial charge in [-0.2, -0.15) is 5.10 Å².